The molecule has 0 saturated heterocycles. The van der Waals surface area contributed by atoms with Crippen molar-refractivity contribution in [3.05, 3.63) is 52.3 Å². The van der Waals surface area contributed by atoms with Crippen LogP contribution in [0.1, 0.15) is 29.7 Å². The van der Waals surface area contributed by atoms with Gasteiger partial charge in [0.05, 0.1) is 18.8 Å². The molecular formula is C16H19ClN2O. The minimum Gasteiger partial charge on any atom is -0.496 e. The molecular weight excluding hydrogens is 272 g/mol. The Labute approximate surface area is 124 Å². The number of anilines is 1. The van der Waals surface area contributed by atoms with Crippen molar-refractivity contribution in [1.29, 1.82) is 0 Å². The first-order chi connectivity index (χ1) is 9.52. The van der Waals surface area contributed by atoms with Crippen LogP contribution in [0.3, 0.4) is 0 Å². The van der Waals surface area contributed by atoms with E-state index >= 15 is 0 Å². The molecule has 106 valence electrons. The van der Waals surface area contributed by atoms with Crippen LogP contribution in [0.2, 0.25) is 5.15 Å². The Balaban J connectivity index is 2.33. The highest BCUT2D eigenvalue weighted by Crippen LogP contribution is 2.31. The van der Waals surface area contributed by atoms with Crippen LogP contribution in [0.4, 0.5) is 5.69 Å². The summed E-state index contributed by atoms with van der Waals surface area (Å²) >= 11 is 6.16. The molecule has 0 radical (unpaired) electrons. The highest BCUT2D eigenvalue weighted by molar-refractivity contribution is 6.32. The smallest absolute Gasteiger partial charge is 0.152 e. The van der Waals surface area contributed by atoms with Crippen molar-refractivity contribution in [3.63, 3.8) is 0 Å². The molecule has 2 aromatic rings. The van der Waals surface area contributed by atoms with E-state index in [1.807, 2.05) is 25.1 Å². The summed E-state index contributed by atoms with van der Waals surface area (Å²) in [4.78, 5) is 4.12. The van der Waals surface area contributed by atoms with Crippen LogP contribution in [0.25, 0.3) is 0 Å². The summed E-state index contributed by atoms with van der Waals surface area (Å²) in [6.07, 6.45) is 1.71. The monoisotopic (exact) mass is 290 g/mol. The van der Waals surface area contributed by atoms with E-state index in [4.69, 9.17) is 16.3 Å². The van der Waals surface area contributed by atoms with Crippen LogP contribution in [0, 0.1) is 13.8 Å². The number of rotatable bonds is 4. The predicted octanol–water partition coefficient (Wildman–Crippen LogP) is 4.53. The molecule has 0 fully saturated rings. The summed E-state index contributed by atoms with van der Waals surface area (Å²) in [6.45, 7) is 6.16. The van der Waals surface area contributed by atoms with Crippen molar-refractivity contribution in [2.75, 3.05) is 12.4 Å². The first-order valence-electron chi connectivity index (χ1n) is 6.55. The Bertz CT molecular complexity index is 593. The molecule has 1 unspecified atom stereocenters. The van der Waals surface area contributed by atoms with Gasteiger partial charge in [-0.15, -0.1) is 0 Å². The van der Waals surface area contributed by atoms with Crippen LogP contribution < -0.4 is 10.1 Å². The van der Waals surface area contributed by atoms with Gasteiger partial charge in [-0.25, -0.2) is 4.98 Å². The van der Waals surface area contributed by atoms with Gasteiger partial charge in [-0.1, -0.05) is 29.3 Å². The minimum absolute atomic E-state index is 0.0743. The summed E-state index contributed by atoms with van der Waals surface area (Å²) in [5.74, 6) is 0.869. The van der Waals surface area contributed by atoms with Gasteiger partial charge in [0.1, 0.15) is 5.75 Å². The molecule has 0 saturated carbocycles. The molecule has 1 aromatic heterocycles. The Morgan fingerprint density at radius 2 is 2.00 bits per heavy atom. The van der Waals surface area contributed by atoms with Crippen molar-refractivity contribution < 1.29 is 4.74 Å². The van der Waals surface area contributed by atoms with Crippen molar-refractivity contribution >= 4 is 17.3 Å². The third kappa shape index (κ3) is 3.05. The number of aromatic nitrogens is 1. The van der Waals surface area contributed by atoms with E-state index in [-0.39, 0.29) is 6.04 Å². The average Bonchev–Trinajstić information content (AvgIpc) is 2.43. The standard InChI is InChI=1S/C16H19ClN2O/c1-10-5-6-14(20-4)13(9-10)12(3)19-15-11(2)7-8-18-16(15)17/h5-9,12,19H,1-4H3. The van der Waals surface area contributed by atoms with Crippen LogP contribution in [0.15, 0.2) is 30.5 Å². The largest absolute Gasteiger partial charge is 0.496 e. The van der Waals surface area contributed by atoms with Gasteiger partial charge >= 0.3 is 0 Å². The van der Waals surface area contributed by atoms with E-state index in [0.717, 1.165) is 22.6 Å². The summed E-state index contributed by atoms with van der Waals surface area (Å²) in [7, 11) is 1.68. The highest BCUT2D eigenvalue weighted by atomic mass is 35.5. The van der Waals surface area contributed by atoms with Gasteiger partial charge in [0.2, 0.25) is 0 Å². The maximum absolute atomic E-state index is 6.16. The number of nitrogens with one attached hydrogen (secondary N) is 1. The summed E-state index contributed by atoms with van der Waals surface area (Å²) < 4.78 is 5.43. The predicted molar refractivity (Wildman–Crippen MR) is 83.8 cm³/mol. The number of halogens is 1. The van der Waals surface area contributed by atoms with Crippen molar-refractivity contribution in [2.45, 2.75) is 26.8 Å². The molecule has 0 aliphatic heterocycles. The van der Waals surface area contributed by atoms with E-state index in [2.05, 4.69) is 30.2 Å². The Kier molecular flexibility index (Phi) is 4.50. The van der Waals surface area contributed by atoms with E-state index in [1.165, 1.54) is 5.56 Å². The van der Waals surface area contributed by atoms with Gasteiger partial charge in [0.15, 0.2) is 5.15 Å². The van der Waals surface area contributed by atoms with Gasteiger partial charge < -0.3 is 10.1 Å². The van der Waals surface area contributed by atoms with E-state index in [0.29, 0.717) is 5.15 Å². The maximum atomic E-state index is 6.16. The van der Waals surface area contributed by atoms with Crippen LogP contribution >= 0.6 is 11.6 Å². The van der Waals surface area contributed by atoms with Gasteiger partial charge in [0.25, 0.3) is 0 Å². The van der Waals surface area contributed by atoms with Crippen molar-refractivity contribution in [1.82, 2.24) is 4.98 Å². The van der Waals surface area contributed by atoms with Crippen LogP contribution in [-0.4, -0.2) is 12.1 Å². The zero-order chi connectivity index (χ0) is 14.7. The lowest BCUT2D eigenvalue weighted by molar-refractivity contribution is 0.408. The number of aryl methyl sites for hydroxylation is 2. The number of ether oxygens (including phenoxy) is 1. The van der Waals surface area contributed by atoms with Crippen LogP contribution in [-0.2, 0) is 0 Å². The Morgan fingerprint density at radius 1 is 1.25 bits per heavy atom. The van der Waals surface area contributed by atoms with E-state index < -0.39 is 0 Å². The fourth-order valence-corrected chi connectivity index (χ4v) is 2.44. The second-order valence-electron chi connectivity index (χ2n) is 4.91. The molecule has 1 atom stereocenters. The van der Waals surface area contributed by atoms with E-state index in [9.17, 15) is 0 Å². The average molecular weight is 291 g/mol. The van der Waals surface area contributed by atoms with Gasteiger partial charge in [0, 0.05) is 11.8 Å². The molecule has 1 aromatic carbocycles. The summed E-state index contributed by atoms with van der Waals surface area (Å²) in [5.41, 5.74) is 4.24. The molecule has 1 heterocycles. The Hall–Kier alpha value is -1.74. The van der Waals surface area contributed by atoms with E-state index in [1.54, 1.807) is 13.3 Å². The number of nitrogens with zero attached hydrogens (tertiary/aromatic N) is 1. The second kappa shape index (κ2) is 6.14. The first-order valence-corrected chi connectivity index (χ1v) is 6.93. The van der Waals surface area contributed by atoms with Gasteiger partial charge in [-0.05, 0) is 38.5 Å². The maximum Gasteiger partial charge on any atom is 0.152 e. The molecule has 0 aliphatic rings. The Morgan fingerprint density at radius 3 is 2.65 bits per heavy atom. The third-order valence-electron chi connectivity index (χ3n) is 3.33. The summed E-state index contributed by atoms with van der Waals surface area (Å²) in [6, 6.07) is 8.16. The SMILES string of the molecule is COc1ccc(C)cc1C(C)Nc1c(C)ccnc1Cl. The van der Waals surface area contributed by atoms with Crippen LogP contribution in [0.5, 0.6) is 5.75 Å². The number of pyridine rings is 1. The molecule has 3 nitrogen and oxygen atoms in total. The second-order valence-corrected chi connectivity index (χ2v) is 5.26. The fraction of sp³-hybridized carbons (Fsp3) is 0.312. The molecule has 20 heavy (non-hydrogen) atoms. The third-order valence-corrected chi connectivity index (χ3v) is 3.61. The number of benzene rings is 1. The highest BCUT2D eigenvalue weighted by Gasteiger charge is 2.14. The van der Waals surface area contributed by atoms with Gasteiger partial charge in [-0.3, -0.25) is 0 Å². The minimum atomic E-state index is 0.0743. The molecule has 0 bridgehead atoms. The van der Waals surface area contributed by atoms with Crippen molar-refractivity contribution in [2.24, 2.45) is 0 Å². The number of hydrogen-bond donors (Lipinski definition) is 1. The molecule has 0 amide bonds. The zero-order valence-corrected chi connectivity index (χ0v) is 13.0. The van der Waals surface area contributed by atoms with Crippen molar-refractivity contribution in [3.8, 4) is 5.75 Å². The zero-order valence-electron chi connectivity index (χ0n) is 12.2. The molecule has 1 N–H and O–H groups in total. The first kappa shape index (κ1) is 14.7. The lowest BCUT2D eigenvalue weighted by Crippen LogP contribution is -2.10. The molecule has 4 heteroatoms. The molecule has 0 spiro atoms. The van der Waals surface area contributed by atoms with Gasteiger partial charge in [-0.2, -0.15) is 0 Å². The lowest BCUT2D eigenvalue weighted by Gasteiger charge is -2.20. The topological polar surface area (TPSA) is 34.1 Å². The number of hydrogen-bond acceptors (Lipinski definition) is 3. The molecule has 0 aliphatic carbocycles. The lowest BCUT2D eigenvalue weighted by atomic mass is 10.0. The normalized spacial score (nSPS) is 12.1. The molecule has 2 rings (SSSR count). The number of methoxy groups -OCH3 is 1. The summed E-state index contributed by atoms with van der Waals surface area (Å²) in [5, 5.41) is 3.91. The fourth-order valence-electron chi connectivity index (χ4n) is 2.18. The quantitative estimate of drug-likeness (QED) is 0.840.